The van der Waals surface area contributed by atoms with Gasteiger partial charge >= 0.3 is 0 Å². The van der Waals surface area contributed by atoms with E-state index >= 15 is 0 Å². The molecule has 3 rings (SSSR count). The summed E-state index contributed by atoms with van der Waals surface area (Å²) in [6, 6.07) is 13.7. The van der Waals surface area contributed by atoms with E-state index in [4.69, 9.17) is 28.6 Å². The second kappa shape index (κ2) is 5.31. The molecule has 3 nitrogen and oxygen atoms in total. The summed E-state index contributed by atoms with van der Waals surface area (Å²) in [7, 11) is 1.66. The molecule has 0 spiro atoms. The number of halogens is 1. The van der Waals surface area contributed by atoms with Gasteiger partial charge in [0.05, 0.1) is 24.7 Å². The van der Waals surface area contributed by atoms with Crippen molar-refractivity contribution in [3.05, 3.63) is 57.8 Å². The molecule has 0 atom stereocenters. The van der Waals surface area contributed by atoms with Crippen LogP contribution >= 0.6 is 23.8 Å². The van der Waals surface area contributed by atoms with Gasteiger partial charge in [-0.1, -0.05) is 23.7 Å². The van der Waals surface area contributed by atoms with Gasteiger partial charge in [0.1, 0.15) is 5.75 Å². The lowest BCUT2D eigenvalue weighted by Crippen LogP contribution is -1.99. The van der Waals surface area contributed by atoms with Gasteiger partial charge in [0.2, 0.25) is 0 Å². The zero-order valence-corrected chi connectivity index (χ0v) is 12.5. The summed E-state index contributed by atoms with van der Waals surface area (Å²) in [4.78, 5) is 3.21. The second-order valence-electron chi connectivity index (χ2n) is 4.53. The molecule has 0 aliphatic heterocycles. The Balaban J connectivity index is 2.08. The van der Waals surface area contributed by atoms with Gasteiger partial charge in [-0.2, -0.15) is 0 Å². The smallest absolute Gasteiger partial charge is 0.178 e. The van der Waals surface area contributed by atoms with Crippen LogP contribution in [-0.2, 0) is 6.54 Å². The minimum absolute atomic E-state index is 0.697. The fraction of sp³-hybridized carbons (Fsp3) is 0.133. The number of benzene rings is 2. The molecule has 0 amide bonds. The lowest BCUT2D eigenvalue weighted by Gasteiger charge is -2.06. The van der Waals surface area contributed by atoms with Gasteiger partial charge in [-0.25, -0.2) is 0 Å². The molecule has 0 saturated carbocycles. The van der Waals surface area contributed by atoms with E-state index in [0.717, 1.165) is 27.4 Å². The maximum atomic E-state index is 5.91. The Kier molecular flexibility index (Phi) is 3.51. The van der Waals surface area contributed by atoms with Gasteiger partial charge in [-0.15, -0.1) is 0 Å². The molecule has 0 fully saturated rings. The van der Waals surface area contributed by atoms with Crippen molar-refractivity contribution < 1.29 is 4.74 Å². The van der Waals surface area contributed by atoms with Gasteiger partial charge in [0.15, 0.2) is 4.77 Å². The van der Waals surface area contributed by atoms with E-state index in [1.165, 1.54) is 0 Å². The predicted octanol–water partition coefficient (Wildman–Crippen LogP) is 4.41. The van der Waals surface area contributed by atoms with Crippen molar-refractivity contribution in [3.8, 4) is 5.75 Å². The molecule has 0 radical (unpaired) electrons. The molecule has 1 heterocycles. The van der Waals surface area contributed by atoms with Crippen LogP contribution < -0.4 is 4.74 Å². The molecule has 2 aromatic carbocycles. The molecule has 0 bridgehead atoms. The van der Waals surface area contributed by atoms with E-state index in [1.807, 2.05) is 42.5 Å². The molecule has 20 heavy (non-hydrogen) atoms. The molecule has 0 saturated heterocycles. The van der Waals surface area contributed by atoms with E-state index in [0.29, 0.717) is 11.3 Å². The third kappa shape index (κ3) is 2.44. The highest BCUT2D eigenvalue weighted by molar-refractivity contribution is 7.71. The van der Waals surface area contributed by atoms with Crippen molar-refractivity contribution in [3.63, 3.8) is 0 Å². The Morgan fingerprint density at radius 3 is 2.65 bits per heavy atom. The van der Waals surface area contributed by atoms with Crippen molar-refractivity contribution in [1.29, 1.82) is 0 Å². The highest BCUT2D eigenvalue weighted by atomic mass is 35.5. The number of hydrogen-bond donors (Lipinski definition) is 1. The first-order valence-electron chi connectivity index (χ1n) is 6.18. The lowest BCUT2D eigenvalue weighted by molar-refractivity contribution is 0.415. The largest absolute Gasteiger partial charge is 0.497 e. The Morgan fingerprint density at radius 1 is 1.20 bits per heavy atom. The van der Waals surface area contributed by atoms with Gasteiger partial charge < -0.3 is 14.3 Å². The number of hydrogen-bond acceptors (Lipinski definition) is 2. The number of H-pyrrole nitrogens is 1. The minimum Gasteiger partial charge on any atom is -0.497 e. The highest BCUT2D eigenvalue weighted by Crippen LogP contribution is 2.22. The number of rotatable bonds is 3. The molecule has 5 heteroatoms. The molecule has 1 N–H and O–H groups in total. The van der Waals surface area contributed by atoms with Crippen molar-refractivity contribution in [2.45, 2.75) is 6.54 Å². The van der Waals surface area contributed by atoms with Crippen LogP contribution in [0.3, 0.4) is 0 Å². The minimum atomic E-state index is 0.697. The van der Waals surface area contributed by atoms with Crippen LogP contribution in [-0.4, -0.2) is 16.7 Å². The number of nitrogens with zero attached hydrogens (tertiary/aromatic N) is 1. The summed E-state index contributed by atoms with van der Waals surface area (Å²) in [6.45, 7) is 0.698. The topological polar surface area (TPSA) is 29.9 Å². The normalized spacial score (nSPS) is 10.9. The van der Waals surface area contributed by atoms with Gasteiger partial charge in [0, 0.05) is 11.1 Å². The molecule has 0 aliphatic carbocycles. The molecule has 0 unspecified atom stereocenters. The van der Waals surface area contributed by atoms with Crippen molar-refractivity contribution >= 4 is 34.9 Å². The Labute approximate surface area is 126 Å². The van der Waals surface area contributed by atoms with Crippen molar-refractivity contribution in [2.75, 3.05) is 7.11 Å². The Hall–Kier alpha value is -1.78. The lowest BCUT2D eigenvalue weighted by atomic mass is 10.2. The summed E-state index contributed by atoms with van der Waals surface area (Å²) < 4.78 is 8.02. The maximum Gasteiger partial charge on any atom is 0.178 e. The average Bonchev–Trinajstić information content (AvgIpc) is 2.77. The van der Waals surface area contributed by atoms with E-state index in [-0.39, 0.29) is 0 Å². The number of methoxy groups -OCH3 is 1. The maximum absolute atomic E-state index is 5.91. The Morgan fingerprint density at radius 2 is 1.95 bits per heavy atom. The van der Waals surface area contributed by atoms with Gasteiger partial charge in [-0.3, -0.25) is 0 Å². The molecule has 1 aromatic heterocycles. The van der Waals surface area contributed by atoms with E-state index in [9.17, 15) is 0 Å². The predicted molar refractivity (Wildman–Crippen MR) is 84.2 cm³/mol. The van der Waals surface area contributed by atoms with Gasteiger partial charge in [0.25, 0.3) is 0 Å². The van der Waals surface area contributed by atoms with Crippen LogP contribution in [0.25, 0.3) is 11.0 Å². The zero-order valence-electron chi connectivity index (χ0n) is 10.9. The summed E-state index contributed by atoms with van der Waals surface area (Å²) in [5.74, 6) is 0.816. The summed E-state index contributed by atoms with van der Waals surface area (Å²) in [5.41, 5.74) is 3.18. The first kappa shape index (κ1) is 13.2. The number of fused-ring (bicyclic) bond motifs is 1. The van der Waals surface area contributed by atoms with Crippen LogP contribution in [0.2, 0.25) is 5.02 Å². The number of nitrogens with one attached hydrogen (secondary N) is 1. The Bertz CT molecular complexity index is 805. The first-order chi connectivity index (χ1) is 9.67. The number of aromatic amines is 1. The quantitative estimate of drug-likeness (QED) is 0.726. The molecular formula is C15H13ClN2OS. The average molecular weight is 305 g/mol. The standard InChI is InChI=1S/C15H13ClN2OS/c1-19-12-6-7-13-14(8-12)18(15(20)17-13)9-10-2-4-11(16)5-3-10/h2-8H,9H2,1H3,(H,17,20). The second-order valence-corrected chi connectivity index (χ2v) is 5.35. The van der Waals surface area contributed by atoms with E-state index in [2.05, 4.69) is 9.55 Å². The van der Waals surface area contributed by atoms with E-state index in [1.54, 1.807) is 7.11 Å². The molecular weight excluding hydrogens is 292 g/mol. The third-order valence-corrected chi connectivity index (χ3v) is 3.81. The number of imidazole rings is 1. The zero-order chi connectivity index (χ0) is 14.1. The summed E-state index contributed by atoms with van der Waals surface area (Å²) in [6.07, 6.45) is 0. The first-order valence-corrected chi connectivity index (χ1v) is 6.97. The molecule has 3 aromatic rings. The fourth-order valence-corrected chi connectivity index (χ4v) is 2.59. The van der Waals surface area contributed by atoms with E-state index < -0.39 is 0 Å². The van der Waals surface area contributed by atoms with Crippen molar-refractivity contribution in [1.82, 2.24) is 9.55 Å². The highest BCUT2D eigenvalue weighted by Gasteiger charge is 2.06. The SMILES string of the molecule is COc1ccc2[nH]c(=S)n(Cc3ccc(Cl)cc3)c2c1. The van der Waals surface area contributed by atoms with Crippen LogP contribution in [0.4, 0.5) is 0 Å². The summed E-state index contributed by atoms with van der Waals surface area (Å²) >= 11 is 11.3. The van der Waals surface area contributed by atoms with Crippen LogP contribution in [0, 0.1) is 4.77 Å². The van der Waals surface area contributed by atoms with Crippen LogP contribution in [0.5, 0.6) is 5.75 Å². The number of ether oxygens (including phenoxy) is 1. The van der Waals surface area contributed by atoms with Crippen LogP contribution in [0.15, 0.2) is 42.5 Å². The third-order valence-electron chi connectivity index (χ3n) is 3.24. The molecule has 0 aliphatic rings. The summed E-state index contributed by atoms with van der Waals surface area (Å²) in [5, 5.41) is 0.734. The monoisotopic (exact) mass is 304 g/mol. The fourth-order valence-electron chi connectivity index (χ4n) is 2.19. The van der Waals surface area contributed by atoms with Crippen LogP contribution in [0.1, 0.15) is 5.56 Å². The van der Waals surface area contributed by atoms with Gasteiger partial charge in [-0.05, 0) is 42.0 Å². The molecule has 102 valence electrons. The number of aromatic nitrogens is 2. The van der Waals surface area contributed by atoms with Crippen molar-refractivity contribution in [2.24, 2.45) is 0 Å².